The van der Waals surface area contributed by atoms with Gasteiger partial charge in [0.15, 0.2) is 0 Å². The molecule has 5 heteroatoms. The van der Waals surface area contributed by atoms with E-state index in [1.165, 1.54) is 12.1 Å². The first-order valence-electron chi connectivity index (χ1n) is 9.50. The van der Waals surface area contributed by atoms with Crippen molar-refractivity contribution in [2.75, 3.05) is 18.5 Å². The van der Waals surface area contributed by atoms with Crippen LogP contribution in [0.15, 0.2) is 40.1 Å². The number of phenolic OH excluding ortho intramolecular Hbond substituents is 1. The van der Waals surface area contributed by atoms with Crippen molar-refractivity contribution >= 4 is 15.5 Å². The second kappa shape index (κ2) is 8.34. The van der Waals surface area contributed by atoms with Crippen LogP contribution in [-0.4, -0.2) is 27.1 Å². The van der Waals surface area contributed by atoms with Crippen LogP contribution in [0.2, 0.25) is 0 Å². The highest BCUT2D eigenvalue weighted by Crippen LogP contribution is 2.34. The highest BCUT2D eigenvalue weighted by molar-refractivity contribution is 7.91. The maximum Gasteiger partial charge on any atom is 0.207 e. The molecule has 4 nitrogen and oxygen atoms in total. The van der Waals surface area contributed by atoms with Gasteiger partial charge in [-0.15, -0.1) is 0 Å². The van der Waals surface area contributed by atoms with Crippen LogP contribution in [0.25, 0.3) is 0 Å². The summed E-state index contributed by atoms with van der Waals surface area (Å²) in [5, 5.41) is 10.0. The molecule has 0 heterocycles. The monoisotopic (exact) mass is 389 g/mol. The number of nitrogens with zero attached hydrogens (tertiary/aromatic N) is 1. The largest absolute Gasteiger partial charge is 0.508 e. The third-order valence-electron chi connectivity index (χ3n) is 4.93. The number of sulfone groups is 1. The summed E-state index contributed by atoms with van der Waals surface area (Å²) in [7, 11) is -1.63. The fourth-order valence-corrected chi connectivity index (χ4v) is 5.11. The Hall–Kier alpha value is -2.01. The van der Waals surface area contributed by atoms with Gasteiger partial charge in [0.2, 0.25) is 9.84 Å². The van der Waals surface area contributed by atoms with Gasteiger partial charge in [0.05, 0.1) is 9.79 Å². The average Bonchev–Trinajstić information content (AvgIpc) is 2.58. The standard InChI is InChI=1S/C22H31NO3S/c1-7-8-11-23(6)18-12-16(4)22(17(5)13-18)27(25,26)19-9-10-21(24)20(14-19)15(2)3/h9-10,12-15,24H,7-8,11H2,1-6H3. The molecule has 0 saturated carbocycles. The minimum absolute atomic E-state index is 0.0388. The molecule has 0 aliphatic heterocycles. The quantitative estimate of drug-likeness (QED) is 0.707. The van der Waals surface area contributed by atoms with Crippen LogP contribution in [0.4, 0.5) is 5.69 Å². The molecule has 0 aliphatic carbocycles. The van der Waals surface area contributed by atoms with Gasteiger partial charge in [0.25, 0.3) is 0 Å². The number of unbranched alkanes of at least 4 members (excludes halogenated alkanes) is 1. The molecule has 148 valence electrons. The lowest BCUT2D eigenvalue weighted by Crippen LogP contribution is -2.19. The highest BCUT2D eigenvalue weighted by atomic mass is 32.2. The van der Waals surface area contributed by atoms with Gasteiger partial charge in [0, 0.05) is 19.3 Å². The zero-order valence-electron chi connectivity index (χ0n) is 17.2. The predicted octanol–water partition coefficient (Wildman–Crippen LogP) is 5.20. The lowest BCUT2D eigenvalue weighted by atomic mass is 10.0. The van der Waals surface area contributed by atoms with Gasteiger partial charge in [0.1, 0.15) is 5.75 Å². The Morgan fingerprint density at radius 3 is 2.19 bits per heavy atom. The zero-order valence-corrected chi connectivity index (χ0v) is 18.0. The first-order valence-corrected chi connectivity index (χ1v) is 11.0. The fourth-order valence-electron chi connectivity index (χ4n) is 3.38. The van der Waals surface area contributed by atoms with Crippen LogP contribution in [0.3, 0.4) is 0 Å². The summed E-state index contributed by atoms with van der Waals surface area (Å²) in [5.74, 6) is 0.169. The lowest BCUT2D eigenvalue weighted by Gasteiger charge is -2.22. The van der Waals surface area contributed by atoms with Crippen molar-refractivity contribution in [1.29, 1.82) is 0 Å². The molecule has 2 aromatic rings. The van der Waals surface area contributed by atoms with Crippen LogP contribution in [0.1, 0.15) is 56.2 Å². The maximum absolute atomic E-state index is 13.3. The van der Waals surface area contributed by atoms with E-state index in [1.807, 2.05) is 46.9 Å². The van der Waals surface area contributed by atoms with Gasteiger partial charge in [-0.1, -0.05) is 27.2 Å². The average molecular weight is 390 g/mol. The summed E-state index contributed by atoms with van der Waals surface area (Å²) in [6.45, 7) is 10.7. The third-order valence-corrected chi connectivity index (χ3v) is 6.99. The molecule has 0 amide bonds. The second-order valence-electron chi connectivity index (χ2n) is 7.56. The highest BCUT2D eigenvalue weighted by Gasteiger charge is 2.24. The molecular weight excluding hydrogens is 358 g/mol. The molecule has 0 radical (unpaired) electrons. The van der Waals surface area contributed by atoms with Crippen LogP contribution in [0, 0.1) is 13.8 Å². The first kappa shape index (κ1) is 21.3. The fraction of sp³-hybridized carbons (Fsp3) is 0.455. The van der Waals surface area contributed by atoms with Crippen LogP contribution >= 0.6 is 0 Å². The Balaban J connectivity index is 2.52. The van der Waals surface area contributed by atoms with Crippen LogP contribution < -0.4 is 4.90 Å². The van der Waals surface area contributed by atoms with Crippen molar-refractivity contribution in [3.05, 3.63) is 47.0 Å². The smallest absolute Gasteiger partial charge is 0.207 e. The molecule has 2 rings (SSSR count). The minimum atomic E-state index is -3.66. The van der Waals surface area contributed by atoms with Crippen molar-refractivity contribution in [3.63, 3.8) is 0 Å². The van der Waals surface area contributed by atoms with E-state index in [9.17, 15) is 13.5 Å². The van der Waals surface area contributed by atoms with E-state index in [1.54, 1.807) is 6.07 Å². The number of aromatic hydroxyl groups is 1. The number of hydrogen-bond donors (Lipinski definition) is 1. The SMILES string of the molecule is CCCCN(C)c1cc(C)c(S(=O)(=O)c2ccc(O)c(C(C)C)c2)c(C)c1. The van der Waals surface area contributed by atoms with Gasteiger partial charge in [-0.05, 0) is 73.2 Å². The van der Waals surface area contributed by atoms with Crippen LogP contribution in [-0.2, 0) is 9.84 Å². The van der Waals surface area contributed by atoms with Gasteiger partial charge >= 0.3 is 0 Å². The number of rotatable bonds is 7. The number of benzene rings is 2. The Morgan fingerprint density at radius 1 is 1.07 bits per heavy atom. The van der Waals surface area contributed by atoms with E-state index in [2.05, 4.69) is 11.8 Å². The van der Waals surface area contributed by atoms with E-state index >= 15 is 0 Å². The Bertz CT molecular complexity index is 894. The van der Waals surface area contributed by atoms with Gasteiger partial charge < -0.3 is 10.0 Å². The molecule has 2 aromatic carbocycles. The Labute approximate surface area is 163 Å². The second-order valence-corrected chi connectivity index (χ2v) is 9.45. The summed E-state index contributed by atoms with van der Waals surface area (Å²) in [4.78, 5) is 2.75. The van der Waals surface area contributed by atoms with E-state index < -0.39 is 9.84 Å². The summed E-state index contributed by atoms with van der Waals surface area (Å²) in [6.07, 6.45) is 2.22. The molecule has 0 spiro atoms. The van der Waals surface area contributed by atoms with Gasteiger partial charge in [-0.3, -0.25) is 0 Å². The van der Waals surface area contributed by atoms with E-state index in [4.69, 9.17) is 0 Å². The van der Waals surface area contributed by atoms with Gasteiger partial charge in [-0.25, -0.2) is 8.42 Å². The molecular formula is C22H31NO3S. The molecule has 0 unspecified atom stereocenters. The number of anilines is 1. The van der Waals surface area contributed by atoms with Crippen LogP contribution in [0.5, 0.6) is 5.75 Å². The molecule has 0 saturated heterocycles. The molecule has 0 fully saturated rings. The lowest BCUT2D eigenvalue weighted by molar-refractivity contribution is 0.464. The zero-order chi connectivity index (χ0) is 20.4. The van der Waals surface area contributed by atoms with E-state index in [0.29, 0.717) is 10.5 Å². The molecule has 0 bridgehead atoms. The predicted molar refractivity (Wildman–Crippen MR) is 112 cm³/mol. The Morgan fingerprint density at radius 2 is 1.67 bits per heavy atom. The minimum Gasteiger partial charge on any atom is -0.508 e. The Kier molecular flexibility index (Phi) is 6.58. The summed E-state index contributed by atoms with van der Waals surface area (Å²) < 4.78 is 26.6. The maximum atomic E-state index is 13.3. The molecule has 0 atom stereocenters. The summed E-state index contributed by atoms with van der Waals surface area (Å²) in [6, 6.07) is 8.44. The van der Waals surface area contributed by atoms with Crippen molar-refractivity contribution in [2.24, 2.45) is 0 Å². The molecule has 0 aromatic heterocycles. The molecule has 1 N–H and O–H groups in total. The van der Waals surface area contributed by atoms with E-state index in [-0.39, 0.29) is 16.6 Å². The number of phenols is 1. The summed E-state index contributed by atoms with van der Waals surface area (Å²) >= 11 is 0. The molecule has 27 heavy (non-hydrogen) atoms. The van der Waals surface area contributed by atoms with E-state index in [0.717, 1.165) is 36.2 Å². The van der Waals surface area contributed by atoms with Crippen molar-refractivity contribution < 1.29 is 13.5 Å². The van der Waals surface area contributed by atoms with Crippen molar-refractivity contribution in [1.82, 2.24) is 0 Å². The van der Waals surface area contributed by atoms with Crippen molar-refractivity contribution in [2.45, 2.75) is 63.2 Å². The van der Waals surface area contributed by atoms with Crippen molar-refractivity contribution in [3.8, 4) is 5.75 Å². The topological polar surface area (TPSA) is 57.6 Å². The first-order chi connectivity index (χ1) is 12.6. The third kappa shape index (κ3) is 4.46. The normalized spacial score (nSPS) is 11.8. The number of hydrogen-bond acceptors (Lipinski definition) is 4. The van der Waals surface area contributed by atoms with Gasteiger partial charge in [-0.2, -0.15) is 0 Å². The number of aryl methyl sites for hydroxylation is 2. The summed E-state index contributed by atoms with van der Waals surface area (Å²) in [5.41, 5.74) is 3.16. The molecule has 0 aliphatic rings.